The molecule has 328 valence electrons. The minimum Gasteiger partial charge on any atom is -0.456 e. The molecule has 0 amide bonds. The predicted octanol–water partition coefficient (Wildman–Crippen LogP) is 19.1. The van der Waals surface area contributed by atoms with Gasteiger partial charge in [-0.3, -0.25) is 4.99 Å². The Morgan fingerprint density at radius 1 is 0.493 bits per heavy atom. The van der Waals surface area contributed by atoms with Crippen LogP contribution in [0.4, 0.5) is 0 Å². The predicted molar refractivity (Wildman–Crippen MR) is 295 cm³/mol. The standard InChI is InChI=1S/C64H43NO2S2/c1-2-44(64(42-26-29-48-46-16-8-11-22-59(46)69-61(48)36-42)65-37-39-25-28-47-45-15-7-10-21-58(45)68-60(47)32-39)52(31-38-23-24-38)49-18-12-20-56-62(49)53-33-41(27-30-55(53)66-56)51-34-43(40-13-4-3-5-14-40)35-57-63(51)50-17-6-9-19-54(50)67-57/h3-23,25-30,32-36H,2,24,31,37H2,1H3/b52-44+,65-64?. The summed E-state index contributed by atoms with van der Waals surface area (Å²) in [5.74, 6) is 0. The normalized spacial score (nSPS) is 13.5. The SMILES string of the molecule is CC/C(C(=NCc1ccc2c(c1)sc1ccccc12)c1ccc2c(c1)sc1ccccc12)=C(/CC1=CC1)c1cccc2oc3ccc(-c4cc(-c5ccccc5)cc5oc6ccccc6c45)cc3c12. The molecular weight excluding hydrogens is 879 g/mol. The van der Waals surface area contributed by atoms with Crippen LogP contribution in [-0.2, 0) is 6.54 Å². The molecule has 69 heavy (non-hydrogen) atoms. The monoisotopic (exact) mass is 921 g/mol. The average Bonchev–Trinajstić information content (AvgIpc) is 3.68. The van der Waals surface area contributed by atoms with E-state index in [1.165, 1.54) is 68.2 Å². The molecule has 0 fully saturated rings. The topological polar surface area (TPSA) is 38.6 Å². The number of benzene rings is 9. The lowest BCUT2D eigenvalue weighted by atomic mass is 9.86. The summed E-state index contributed by atoms with van der Waals surface area (Å²) < 4.78 is 18.6. The van der Waals surface area contributed by atoms with E-state index in [0.717, 1.165) is 96.7 Å². The van der Waals surface area contributed by atoms with Gasteiger partial charge in [-0.25, -0.2) is 0 Å². The van der Waals surface area contributed by atoms with Gasteiger partial charge < -0.3 is 8.83 Å². The van der Waals surface area contributed by atoms with Crippen LogP contribution in [0, 0.1) is 0 Å². The molecule has 0 atom stereocenters. The molecule has 14 rings (SSSR count). The molecule has 0 saturated heterocycles. The zero-order valence-corrected chi connectivity index (χ0v) is 39.5. The second-order valence-corrected chi connectivity index (χ2v) is 20.5. The number of thiophene rings is 2. The summed E-state index contributed by atoms with van der Waals surface area (Å²) in [6.45, 7) is 2.88. The number of nitrogens with zero attached hydrogens (tertiary/aromatic N) is 1. The maximum Gasteiger partial charge on any atom is 0.136 e. The number of para-hydroxylation sites is 1. The van der Waals surface area contributed by atoms with Crippen molar-refractivity contribution in [2.24, 2.45) is 4.99 Å². The number of allylic oxidation sites excluding steroid dienone is 4. The Labute approximate surface area is 406 Å². The van der Waals surface area contributed by atoms with Crippen LogP contribution in [0.3, 0.4) is 0 Å². The van der Waals surface area contributed by atoms with Crippen LogP contribution in [0.1, 0.15) is 42.9 Å². The minimum atomic E-state index is 0.574. The van der Waals surface area contributed by atoms with E-state index in [9.17, 15) is 0 Å². The van der Waals surface area contributed by atoms with Gasteiger partial charge in [-0.2, -0.15) is 0 Å². The summed E-state index contributed by atoms with van der Waals surface area (Å²) in [5, 5.41) is 9.69. The number of rotatable bonds is 10. The van der Waals surface area contributed by atoms with Gasteiger partial charge in [-0.05, 0) is 124 Å². The molecule has 0 spiro atoms. The van der Waals surface area contributed by atoms with Crippen LogP contribution >= 0.6 is 22.7 Å². The Bertz CT molecular complexity index is 4320. The minimum absolute atomic E-state index is 0.574. The van der Waals surface area contributed by atoms with Crippen LogP contribution in [0.25, 0.3) is 112 Å². The van der Waals surface area contributed by atoms with Crippen molar-refractivity contribution in [3.05, 3.63) is 222 Å². The van der Waals surface area contributed by atoms with Crippen molar-refractivity contribution in [3.63, 3.8) is 0 Å². The first kappa shape index (κ1) is 40.3. The molecule has 0 radical (unpaired) electrons. The van der Waals surface area contributed by atoms with Crippen molar-refractivity contribution in [2.75, 3.05) is 0 Å². The fraction of sp³-hybridized carbons (Fsp3) is 0.0781. The van der Waals surface area contributed by atoms with Gasteiger partial charge in [-0.15, -0.1) is 22.7 Å². The first-order valence-corrected chi connectivity index (χ1v) is 25.5. The fourth-order valence-corrected chi connectivity index (χ4v) is 13.0. The number of furan rings is 2. The van der Waals surface area contributed by atoms with Gasteiger partial charge in [-0.1, -0.05) is 146 Å². The van der Waals surface area contributed by atoms with Gasteiger partial charge in [0, 0.05) is 67.5 Å². The largest absolute Gasteiger partial charge is 0.456 e. The molecule has 4 heterocycles. The summed E-state index contributed by atoms with van der Waals surface area (Å²) in [6.07, 6.45) is 5.08. The molecule has 0 bridgehead atoms. The highest BCUT2D eigenvalue weighted by Crippen LogP contribution is 2.46. The van der Waals surface area contributed by atoms with Gasteiger partial charge in [0.05, 0.1) is 12.3 Å². The van der Waals surface area contributed by atoms with Gasteiger partial charge in [0.15, 0.2) is 0 Å². The lowest BCUT2D eigenvalue weighted by Crippen LogP contribution is -2.09. The molecule has 0 N–H and O–H groups in total. The summed E-state index contributed by atoms with van der Waals surface area (Å²) in [5.41, 5.74) is 16.7. The molecular formula is C64H43NO2S2. The number of aliphatic imine (C=N–C) groups is 1. The summed E-state index contributed by atoms with van der Waals surface area (Å²) >= 11 is 3.73. The van der Waals surface area contributed by atoms with Crippen LogP contribution in [0.2, 0.25) is 0 Å². The second kappa shape index (κ2) is 16.2. The van der Waals surface area contributed by atoms with Crippen LogP contribution in [0.15, 0.2) is 219 Å². The molecule has 1 aliphatic rings. The van der Waals surface area contributed by atoms with Gasteiger partial charge in [0.25, 0.3) is 0 Å². The first-order valence-electron chi connectivity index (χ1n) is 23.9. The zero-order valence-electron chi connectivity index (χ0n) is 37.9. The Morgan fingerprint density at radius 2 is 1.16 bits per heavy atom. The van der Waals surface area contributed by atoms with Crippen molar-refractivity contribution < 1.29 is 8.83 Å². The number of fused-ring (bicyclic) bond motifs is 12. The van der Waals surface area contributed by atoms with Crippen molar-refractivity contribution in [2.45, 2.75) is 32.7 Å². The molecule has 0 saturated carbocycles. The van der Waals surface area contributed by atoms with E-state index in [4.69, 9.17) is 13.8 Å². The van der Waals surface area contributed by atoms with Gasteiger partial charge in [0.2, 0.25) is 0 Å². The van der Waals surface area contributed by atoms with Crippen molar-refractivity contribution in [1.82, 2.24) is 0 Å². The average molecular weight is 922 g/mol. The van der Waals surface area contributed by atoms with Crippen molar-refractivity contribution >= 4 is 118 Å². The van der Waals surface area contributed by atoms with E-state index in [2.05, 4.69) is 195 Å². The second-order valence-electron chi connectivity index (χ2n) is 18.3. The number of hydrogen-bond acceptors (Lipinski definition) is 5. The van der Waals surface area contributed by atoms with Crippen LogP contribution < -0.4 is 0 Å². The van der Waals surface area contributed by atoms with Crippen molar-refractivity contribution in [1.29, 1.82) is 0 Å². The molecule has 3 nitrogen and oxygen atoms in total. The Kier molecular flexibility index (Phi) is 9.43. The van der Waals surface area contributed by atoms with Gasteiger partial charge in [0.1, 0.15) is 22.3 Å². The summed E-state index contributed by atoms with van der Waals surface area (Å²) in [7, 11) is 0. The van der Waals surface area contributed by atoms with E-state index >= 15 is 0 Å². The van der Waals surface area contributed by atoms with E-state index < -0.39 is 0 Å². The highest BCUT2D eigenvalue weighted by atomic mass is 32.1. The molecule has 5 heteroatoms. The first-order chi connectivity index (χ1) is 34.1. The van der Waals surface area contributed by atoms with Crippen LogP contribution in [0.5, 0.6) is 0 Å². The zero-order chi connectivity index (χ0) is 45.6. The smallest absolute Gasteiger partial charge is 0.136 e. The fourth-order valence-electron chi connectivity index (χ4n) is 10.7. The Balaban J connectivity index is 0.978. The van der Waals surface area contributed by atoms with E-state index in [-0.39, 0.29) is 0 Å². The van der Waals surface area contributed by atoms with E-state index in [0.29, 0.717) is 6.54 Å². The highest BCUT2D eigenvalue weighted by Gasteiger charge is 2.24. The lowest BCUT2D eigenvalue weighted by Gasteiger charge is -2.19. The third-order valence-corrected chi connectivity index (χ3v) is 16.4. The molecule has 1 aliphatic carbocycles. The maximum atomic E-state index is 6.80. The number of hydrogen-bond donors (Lipinski definition) is 0. The van der Waals surface area contributed by atoms with E-state index in [1.807, 2.05) is 28.7 Å². The van der Waals surface area contributed by atoms with Crippen LogP contribution in [-0.4, -0.2) is 5.71 Å². The molecule has 13 aromatic rings. The third kappa shape index (κ3) is 6.87. The Hall–Kier alpha value is -7.83. The quantitative estimate of drug-likeness (QED) is 0.101. The molecule has 9 aromatic carbocycles. The molecule has 0 aliphatic heterocycles. The maximum absolute atomic E-state index is 6.80. The van der Waals surface area contributed by atoms with Gasteiger partial charge >= 0.3 is 0 Å². The molecule has 0 unspecified atom stereocenters. The summed E-state index contributed by atoms with van der Waals surface area (Å²) in [6, 6.07) is 68.3. The van der Waals surface area contributed by atoms with E-state index in [1.54, 1.807) is 0 Å². The lowest BCUT2D eigenvalue weighted by molar-refractivity contribution is 0.669. The van der Waals surface area contributed by atoms with Crippen molar-refractivity contribution in [3.8, 4) is 22.3 Å². The highest BCUT2D eigenvalue weighted by molar-refractivity contribution is 7.26. The Morgan fingerprint density at radius 3 is 1.94 bits per heavy atom. The third-order valence-electron chi connectivity index (χ3n) is 14.1. The molecule has 4 aromatic heterocycles. The summed E-state index contributed by atoms with van der Waals surface area (Å²) in [4.78, 5) is 5.71.